The maximum Gasteiger partial charge on any atom is 0.0713 e. The van der Waals surface area contributed by atoms with Gasteiger partial charge in [0.15, 0.2) is 0 Å². The molecule has 11 aromatic rings. The van der Waals surface area contributed by atoms with Crippen LogP contribution in [0.1, 0.15) is 22.3 Å². The maximum absolute atomic E-state index is 2.41. The number of hydrogen-bond donors (Lipinski definition) is 0. The van der Waals surface area contributed by atoms with Crippen LogP contribution in [0.4, 0.5) is 17.1 Å². The van der Waals surface area contributed by atoms with Gasteiger partial charge < -0.3 is 4.90 Å². The first-order valence-corrected chi connectivity index (χ1v) is 22.5. The number of hydrogen-bond acceptors (Lipinski definition) is 2. The molecular weight excluding hydrogens is 779 g/mol. The Morgan fingerprint density at radius 2 is 0.794 bits per heavy atom. The van der Waals surface area contributed by atoms with E-state index in [4.69, 9.17) is 0 Å². The summed E-state index contributed by atoms with van der Waals surface area (Å²) in [7, 11) is 0. The summed E-state index contributed by atoms with van der Waals surface area (Å²) in [5, 5.41) is 2.63. The van der Waals surface area contributed by atoms with E-state index in [2.05, 4.69) is 254 Å². The fourth-order valence-corrected chi connectivity index (χ4v) is 11.4. The molecule has 0 saturated heterocycles. The van der Waals surface area contributed by atoms with E-state index in [1.165, 1.54) is 86.9 Å². The normalized spacial score (nSPS) is 12.6. The first kappa shape index (κ1) is 37.0. The molecule has 2 heteroatoms. The Bertz CT molecular complexity index is 3390. The Hall–Kier alpha value is -7.78. The van der Waals surface area contributed by atoms with Gasteiger partial charge in [-0.2, -0.15) is 0 Å². The van der Waals surface area contributed by atoms with Crippen LogP contribution in [0.3, 0.4) is 0 Å². The molecule has 0 radical (unpaired) electrons. The highest BCUT2D eigenvalue weighted by Crippen LogP contribution is 2.56. The van der Waals surface area contributed by atoms with Gasteiger partial charge in [-0.15, -0.1) is 11.3 Å². The van der Waals surface area contributed by atoms with Crippen molar-refractivity contribution in [3.8, 4) is 44.5 Å². The standard InChI is InChI=1S/C61H41NS/c1-3-16-42(17-4-1)44-18-13-19-45(40-44)46-20-14-23-51(41-46)62(49-36-32-43(33-37-49)52-27-15-28-56-55-26-9-12-31-59(55)63-60(52)56)50-38-34-48(35-39-50)61(47-21-5-2-6-22-47)57-29-10-7-24-53(57)54-25-8-11-30-58(54)61/h1-41H. The second-order valence-electron chi connectivity index (χ2n) is 16.4. The van der Waals surface area contributed by atoms with Gasteiger partial charge in [0.2, 0.25) is 0 Å². The van der Waals surface area contributed by atoms with Crippen molar-refractivity contribution in [2.45, 2.75) is 5.41 Å². The van der Waals surface area contributed by atoms with Gasteiger partial charge in [-0.3, -0.25) is 0 Å². The summed E-state index contributed by atoms with van der Waals surface area (Å²) in [6, 6.07) is 91.4. The first-order valence-electron chi connectivity index (χ1n) is 21.7. The second-order valence-corrected chi connectivity index (χ2v) is 17.5. The van der Waals surface area contributed by atoms with Gasteiger partial charge in [0, 0.05) is 37.2 Å². The van der Waals surface area contributed by atoms with E-state index in [1.807, 2.05) is 11.3 Å². The number of fused-ring (bicyclic) bond motifs is 6. The van der Waals surface area contributed by atoms with Crippen LogP contribution in [0.5, 0.6) is 0 Å². The zero-order chi connectivity index (χ0) is 41.7. The smallest absolute Gasteiger partial charge is 0.0713 e. The molecule has 1 aromatic heterocycles. The molecule has 0 bridgehead atoms. The van der Waals surface area contributed by atoms with Crippen LogP contribution in [-0.2, 0) is 5.41 Å². The van der Waals surface area contributed by atoms with Gasteiger partial charge >= 0.3 is 0 Å². The third kappa shape index (κ3) is 6.14. The SMILES string of the molecule is c1ccc(-c2cccc(-c3cccc(N(c4ccc(-c5cccc6c5sc5ccccc56)cc4)c4ccc(C5(c6ccccc6)c6ccccc6-c6ccccc65)cc4)c3)c2)cc1. The van der Waals surface area contributed by atoms with E-state index < -0.39 is 5.41 Å². The molecule has 0 aliphatic heterocycles. The van der Waals surface area contributed by atoms with Crippen molar-refractivity contribution in [2.24, 2.45) is 0 Å². The largest absolute Gasteiger partial charge is 0.310 e. The molecule has 0 spiro atoms. The summed E-state index contributed by atoms with van der Waals surface area (Å²) in [6.07, 6.45) is 0. The first-order chi connectivity index (χ1) is 31.2. The Morgan fingerprint density at radius 3 is 1.51 bits per heavy atom. The average Bonchev–Trinajstić information content (AvgIpc) is 3.90. The number of thiophene rings is 1. The quantitative estimate of drug-likeness (QED) is 0.148. The molecule has 0 fully saturated rings. The van der Waals surface area contributed by atoms with Crippen molar-refractivity contribution in [3.63, 3.8) is 0 Å². The van der Waals surface area contributed by atoms with Crippen LogP contribution in [-0.4, -0.2) is 0 Å². The summed E-state index contributed by atoms with van der Waals surface area (Å²) < 4.78 is 2.64. The van der Waals surface area contributed by atoms with Crippen molar-refractivity contribution in [3.05, 3.63) is 271 Å². The van der Waals surface area contributed by atoms with Gasteiger partial charge in [-0.05, 0) is 115 Å². The highest BCUT2D eigenvalue weighted by molar-refractivity contribution is 7.26. The summed E-state index contributed by atoms with van der Waals surface area (Å²) >= 11 is 1.88. The second kappa shape index (κ2) is 15.3. The van der Waals surface area contributed by atoms with Crippen molar-refractivity contribution < 1.29 is 0 Å². The molecule has 0 N–H and O–H groups in total. The van der Waals surface area contributed by atoms with Gasteiger partial charge in [0.05, 0.1) is 5.41 Å². The van der Waals surface area contributed by atoms with Crippen molar-refractivity contribution >= 4 is 48.6 Å². The van der Waals surface area contributed by atoms with Crippen molar-refractivity contribution in [1.82, 2.24) is 0 Å². The average molecular weight is 820 g/mol. The van der Waals surface area contributed by atoms with E-state index in [9.17, 15) is 0 Å². The minimum Gasteiger partial charge on any atom is -0.310 e. The molecule has 0 amide bonds. The topological polar surface area (TPSA) is 3.24 Å². The predicted molar refractivity (Wildman–Crippen MR) is 268 cm³/mol. The molecule has 63 heavy (non-hydrogen) atoms. The lowest BCUT2D eigenvalue weighted by Gasteiger charge is -2.34. The fourth-order valence-electron chi connectivity index (χ4n) is 10.1. The Kier molecular flexibility index (Phi) is 8.98. The molecule has 0 unspecified atom stereocenters. The number of rotatable bonds is 8. The van der Waals surface area contributed by atoms with Crippen LogP contribution < -0.4 is 4.90 Å². The summed E-state index contributed by atoms with van der Waals surface area (Å²) in [4.78, 5) is 2.41. The van der Waals surface area contributed by atoms with Crippen molar-refractivity contribution in [2.75, 3.05) is 4.90 Å². The molecule has 1 nitrogen and oxygen atoms in total. The number of anilines is 3. The van der Waals surface area contributed by atoms with Gasteiger partial charge in [-0.1, -0.05) is 200 Å². The summed E-state index contributed by atoms with van der Waals surface area (Å²) in [6.45, 7) is 0. The Labute approximate surface area is 372 Å². The fraction of sp³-hybridized carbons (Fsp3) is 0.0164. The van der Waals surface area contributed by atoms with Crippen LogP contribution in [0.25, 0.3) is 64.7 Å². The molecule has 12 rings (SSSR count). The molecule has 1 aliphatic rings. The van der Waals surface area contributed by atoms with Crippen LogP contribution in [0, 0.1) is 0 Å². The highest BCUT2D eigenvalue weighted by Gasteiger charge is 2.45. The monoisotopic (exact) mass is 819 g/mol. The van der Waals surface area contributed by atoms with E-state index >= 15 is 0 Å². The lowest BCUT2D eigenvalue weighted by Crippen LogP contribution is -2.28. The van der Waals surface area contributed by atoms with Crippen LogP contribution >= 0.6 is 11.3 Å². The van der Waals surface area contributed by atoms with Crippen molar-refractivity contribution in [1.29, 1.82) is 0 Å². The van der Waals surface area contributed by atoms with E-state index in [0.29, 0.717) is 0 Å². The molecule has 1 aliphatic carbocycles. The zero-order valence-corrected chi connectivity index (χ0v) is 35.3. The number of nitrogens with zero attached hydrogens (tertiary/aromatic N) is 1. The van der Waals surface area contributed by atoms with Crippen LogP contribution in [0.15, 0.2) is 249 Å². The van der Waals surface area contributed by atoms with E-state index in [1.54, 1.807) is 0 Å². The lowest BCUT2D eigenvalue weighted by atomic mass is 9.68. The lowest BCUT2D eigenvalue weighted by molar-refractivity contribution is 0.768. The highest BCUT2D eigenvalue weighted by atomic mass is 32.1. The molecule has 296 valence electrons. The van der Waals surface area contributed by atoms with Gasteiger partial charge in [0.1, 0.15) is 0 Å². The molecule has 1 heterocycles. The third-order valence-corrected chi connectivity index (χ3v) is 14.2. The van der Waals surface area contributed by atoms with E-state index in [-0.39, 0.29) is 0 Å². The van der Waals surface area contributed by atoms with Crippen LogP contribution in [0.2, 0.25) is 0 Å². The van der Waals surface area contributed by atoms with Gasteiger partial charge in [-0.25, -0.2) is 0 Å². The summed E-state index contributed by atoms with van der Waals surface area (Å²) in [5.74, 6) is 0. The predicted octanol–water partition coefficient (Wildman–Crippen LogP) is 16.9. The maximum atomic E-state index is 2.41. The third-order valence-electron chi connectivity index (χ3n) is 13.0. The minimum atomic E-state index is -0.462. The molecule has 0 saturated carbocycles. The Morgan fingerprint density at radius 1 is 0.302 bits per heavy atom. The summed E-state index contributed by atoms with van der Waals surface area (Å²) in [5.41, 5.74) is 17.8. The minimum absolute atomic E-state index is 0.462. The van der Waals surface area contributed by atoms with Gasteiger partial charge in [0.25, 0.3) is 0 Å². The molecular formula is C61H41NS. The zero-order valence-electron chi connectivity index (χ0n) is 34.5. The number of benzene rings is 10. The molecule has 0 atom stereocenters. The molecule has 10 aromatic carbocycles. The Balaban J connectivity index is 1.00. The van der Waals surface area contributed by atoms with E-state index in [0.717, 1.165) is 17.1 Å².